The summed E-state index contributed by atoms with van der Waals surface area (Å²) in [4.78, 5) is 54.7. The highest BCUT2D eigenvalue weighted by Gasteiger charge is 2.55. The summed E-state index contributed by atoms with van der Waals surface area (Å²) >= 11 is 0. The quantitative estimate of drug-likeness (QED) is 0.130. The molecule has 0 unspecified atom stereocenters. The van der Waals surface area contributed by atoms with Crippen LogP contribution in [0.15, 0.2) is 54.9 Å². The van der Waals surface area contributed by atoms with Crippen LogP contribution in [0.4, 0.5) is 9.18 Å². The van der Waals surface area contributed by atoms with Crippen molar-refractivity contribution in [2.45, 2.75) is 231 Å². The van der Waals surface area contributed by atoms with Gasteiger partial charge in [0.05, 0.1) is 12.7 Å². The number of halogens is 1. The summed E-state index contributed by atoms with van der Waals surface area (Å²) in [7, 11) is -5.32. The molecule has 1 aromatic carbocycles. The first-order chi connectivity index (χ1) is 28.0. The molecule has 0 bridgehead atoms. The van der Waals surface area contributed by atoms with Gasteiger partial charge in [-0.05, 0) is 66.2 Å². The van der Waals surface area contributed by atoms with Crippen molar-refractivity contribution in [3.05, 3.63) is 60.4 Å². The van der Waals surface area contributed by atoms with Gasteiger partial charge >= 0.3 is 20.6 Å². The largest absolute Gasteiger partial charge is 0.461 e. The number of ketones is 2. The van der Waals surface area contributed by atoms with Gasteiger partial charge < -0.3 is 38.4 Å². The van der Waals surface area contributed by atoms with Crippen LogP contribution in [0.25, 0.3) is 0 Å². The van der Waals surface area contributed by atoms with E-state index >= 15 is 0 Å². The predicted molar refractivity (Wildman–Crippen MR) is 287 cm³/mol. The van der Waals surface area contributed by atoms with Crippen LogP contribution in [0.3, 0.4) is 0 Å². The van der Waals surface area contributed by atoms with Crippen molar-refractivity contribution >= 4 is 48.5 Å². The van der Waals surface area contributed by atoms with Crippen LogP contribution in [0.2, 0.25) is 53.4 Å². The summed E-state index contributed by atoms with van der Waals surface area (Å²) in [5.74, 6) is -0.576. The monoisotopic (exact) mass is 991 g/mol. The van der Waals surface area contributed by atoms with Gasteiger partial charge in [-0.25, -0.2) is 9.18 Å². The normalized spacial score (nSPS) is 19.0. The van der Waals surface area contributed by atoms with Gasteiger partial charge in [0.2, 0.25) is 0 Å². The summed E-state index contributed by atoms with van der Waals surface area (Å²) < 4.78 is 31.4. The first-order valence-corrected chi connectivity index (χ1v) is 30.1. The number of hydrogen-bond donors (Lipinski definition) is 3. The maximum Gasteiger partial charge on any atom is 0.330 e. The minimum absolute atomic E-state index is 0. The van der Waals surface area contributed by atoms with Crippen molar-refractivity contribution in [2.75, 3.05) is 6.61 Å². The van der Waals surface area contributed by atoms with Gasteiger partial charge in [0.15, 0.2) is 20.2 Å². The molecule has 0 spiro atoms. The van der Waals surface area contributed by atoms with Crippen LogP contribution in [0.5, 0.6) is 0 Å². The molecule has 11 nitrogen and oxygen atoms in total. The van der Waals surface area contributed by atoms with E-state index in [1.165, 1.54) is 33.9 Å². The number of carbonyl (C=O) groups excluding carboxylic acids is 4. The Morgan fingerprint density at radius 2 is 1.27 bits per heavy atom. The second-order valence-electron chi connectivity index (χ2n) is 20.2. The summed E-state index contributed by atoms with van der Waals surface area (Å²) in [6.07, 6.45) is 2.14. The smallest absolute Gasteiger partial charge is 0.330 e. The summed E-state index contributed by atoms with van der Waals surface area (Å²) in [6.45, 7) is 45.0. The molecule has 3 rings (SSSR count). The van der Waals surface area contributed by atoms with Gasteiger partial charge in [-0.2, -0.15) is 0 Å². The van der Waals surface area contributed by atoms with Crippen molar-refractivity contribution < 1.29 is 47.1 Å². The Morgan fingerprint density at radius 3 is 1.56 bits per heavy atom. The van der Waals surface area contributed by atoms with Crippen LogP contribution in [0.1, 0.15) is 159 Å². The van der Waals surface area contributed by atoms with E-state index < -0.39 is 54.9 Å². The highest BCUT2D eigenvalue weighted by atomic mass is 28.4. The highest BCUT2D eigenvalue weighted by Crippen LogP contribution is 2.42. The zero-order valence-corrected chi connectivity index (χ0v) is 45.2. The number of nitrogens with zero attached hydrogens (tertiary/aromatic N) is 1. The number of hydrogen-bond acceptors (Lipinski definition) is 9. The van der Waals surface area contributed by atoms with Crippen molar-refractivity contribution in [3.63, 3.8) is 0 Å². The van der Waals surface area contributed by atoms with Crippen molar-refractivity contribution in [3.8, 4) is 0 Å². The van der Waals surface area contributed by atoms with E-state index in [-0.39, 0.29) is 64.9 Å². The van der Waals surface area contributed by atoms with E-state index in [9.17, 15) is 28.4 Å². The Morgan fingerprint density at radius 1 is 0.864 bits per heavy atom. The number of aliphatic hydroxyl groups excluding tert-OH is 1. The zero-order valence-electron chi connectivity index (χ0n) is 42.2. The Bertz CT molecular complexity index is 1510. The average molecular weight is 992 g/mol. The Labute approximate surface area is 408 Å². The number of urea groups is 1. The first kappa shape index (κ1) is 74.7. The molecule has 2 amide bonds. The molecule has 1 aromatic rings. The minimum atomic E-state index is -2.60. The fraction of sp³-hybridized carbons (Fsp3) is 0.725. The van der Waals surface area contributed by atoms with E-state index in [0.29, 0.717) is 41.3 Å². The van der Waals surface area contributed by atoms with Crippen molar-refractivity contribution in [2.24, 2.45) is 5.92 Å². The van der Waals surface area contributed by atoms with Gasteiger partial charge in [-0.3, -0.25) is 9.69 Å². The van der Waals surface area contributed by atoms with Gasteiger partial charge in [-0.1, -0.05) is 169 Å². The second-order valence-corrected chi connectivity index (χ2v) is 35.5. The molecule has 2 aliphatic heterocycles. The van der Waals surface area contributed by atoms with Crippen LogP contribution in [-0.4, -0.2) is 87.9 Å². The molecule has 2 aliphatic rings. The van der Waals surface area contributed by atoms with E-state index in [1.54, 1.807) is 13.0 Å². The molecular formula is C51H103FN2O9Si3. The second kappa shape index (κ2) is 32.9. The maximum absolute atomic E-state index is 14.6. The van der Waals surface area contributed by atoms with Gasteiger partial charge in [-0.15, -0.1) is 0 Å². The first-order valence-electron chi connectivity index (χ1n) is 22.0. The third kappa shape index (κ3) is 25.5. The fourth-order valence-electron chi connectivity index (χ4n) is 5.48. The summed E-state index contributed by atoms with van der Waals surface area (Å²) in [5, 5.41) is 12.2. The number of aliphatic hydroxyl groups is 1. The topological polar surface area (TPSA) is 152 Å². The maximum atomic E-state index is 14.6. The van der Waals surface area contributed by atoms with Crippen molar-refractivity contribution in [1.82, 2.24) is 10.2 Å². The number of carbonyl (C=O) groups is 4. The molecule has 66 heavy (non-hydrogen) atoms. The van der Waals surface area contributed by atoms with E-state index in [4.69, 9.17) is 18.7 Å². The molecule has 390 valence electrons. The number of rotatable bonds is 13. The third-order valence-electron chi connectivity index (χ3n) is 12.3. The van der Waals surface area contributed by atoms with Crippen molar-refractivity contribution in [1.29, 1.82) is 0 Å². The summed E-state index contributed by atoms with van der Waals surface area (Å²) in [5.41, 5.74) is 1.33. The fourth-order valence-corrected chi connectivity index (χ4v) is 14.7. The average Bonchev–Trinajstić information content (AvgIpc) is 3.36. The summed E-state index contributed by atoms with van der Waals surface area (Å²) in [6, 6.07) is 9.11. The lowest BCUT2D eigenvalue weighted by molar-refractivity contribution is -0.142. The lowest BCUT2D eigenvalue weighted by Gasteiger charge is -2.45. The molecule has 15 heteroatoms. The number of amides is 2. The van der Waals surface area contributed by atoms with E-state index in [0.717, 1.165) is 10.5 Å². The molecule has 0 aliphatic carbocycles. The molecular weight excluding hydrogens is 888 g/mol. The number of benzene rings is 1. The zero-order chi connectivity index (χ0) is 49.2. The Kier molecular flexibility index (Phi) is 37.2. The molecule has 4 atom stereocenters. The number of nitrogens with one attached hydrogen (secondary N) is 1. The molecule has 0 aromatic heterocycles. The molecule has 2 heterocycles. The highest BCUT2D eigenvalue weighted by molar-refractivity contribution is 6.85. The lowest BCUT2D eigenvalue weighted by atomic mass is 9.89. The molecule has 0 radical (unpaired) electrons. The molecule has 0 saturated carbocycles. The number of esters is 1. The standard InChI is InChI=1S/C13H32O2Si2.C12H17FN2O3.C9H10O2.C7H18Si.C6H10O2.4CH4/c1-10(2)16(9,11(3)4)15-17(14,12(5)6)13(7)8;1-7-4-5-15(11(17)14-7)10-12(3,13)8(2)9(6-16)18-10;1-8(10)11-7-9-5-3-2-4-6-9;1-7(2,3)8(4,5)6;1-5(7)3-4-6(2)8;;;;/h10-14H,1-9H3;4-5,8-10,16H,1,6H2,2-3H3,(H,14,17);2-6H,7H2,1H3;1-6H3;3-4H2,1-2H3;4*1H4/t;8-,9-,10-,12-;;;;;;;/m.1......./s1. The van der Waals surface area contributed by atoms with E-state index in [2.05, 4.69) is 114 Å². The number of allylic oxidation sites excluding steroid dienone is 1. The number of ether oxygens (including phenoxy) is 2. The Balaban J connectivity index is -0.000000175. The molecule has 3 N–H and O–H groups in total. The predicted octanol–water partition coefficient (Wildman–Crippen LogP) is 14.1. The number of alkyl halides is 1. The van der Waals surface area contributed by atoms with Crippen LogP contribution < -0.4 is 5.32 Å². The molecule has 1 fully saturated rings. The SMILES string of the molecule is C.C.C.C.C=C1C=CN([C@@H]2O[C@H](CO)[C@@H](C)[C@@]2(C)F)C(=O)N1.CC(=O)CCC(C)=O.CC(=O)OCc1ccccc1.CC(C)(C)[Si](C)(C)C.CC(C)[Si](C)(O[Si](O)(C(C)C)C(C)C)C(C)C. The van der Waals surface area contributed by atoms with Gasteiger partial charge in [0.25, 0.3) is 0 Å². The number of Topliss-reactive ketones (excluding diaryl/α,β-unsaturated/α-hetero) is 2. The van der Waals surface area contributed by atoms with E-state index in [1.807, 2.05) is 30.3 Å². The molecule has 1 saturated heterocycles. The van der Waals surface area contributed by atoms with Crippen LogP contribution in [-0.2, 0) is 34.6 Å². The minimum Gasteiger partial charge on any atom is -0.461 e. The van der Waals surface area contributed by atoms with Crippen LogP contribution >= 0.6 is 0 Å². The Hall–Kier alpha value is -2.80. The van der Waals surface area contributed by atoms with Gasteiger partial charge in [0.1, 0.15) is 18.2 Å². The third-order valence-corrected chi connectivity index (χ3v) is 27.8. The lowest BCUT2D eigenvalue weighted by Crippen LogP contribution is -2.56. The van der Waals surface area contributed by atoms with Gasteiger partial charge in [0, 0.05) is 45.7 Å². The van der Waals surface area contributed by atoms with Crippen LogP contribution in [0, 0.1) is 5.92 Å².